The molecule has 22 heavy (non-hydrogen) atoms. The number of fused-ring (bicyclic) bond motifs is 1. The van der Waals surface area contributed by atoms with Gasteiger partial charge in [-0.3, -0.25) is 4.99 Å². The highest BCUT2D eigenvalue weighted by atomic mass is 127. The molecule has 0 saturated carbocycles. The minimum Gasteiger partial charge on any atom is -0.496 e. The highest BCUT2D eigenvalue weighted by molar-refractivity contribution is 14.0. The predicted octanol–water partition coefficient (Wildman–Crippen LogP) is 2.82. The van der Waals surface area contributed by atoms with Crippen molar-refractivity contribution in [3.8, 4) is 5.75 Å². The summed E-state index contributed by atoms with van der Waals surface area (Å²) >= 11 is 0. The monoisotopic (exact) mass is 416 g/mol. The number of ether oxygens (including phenoxy) is 1. The first kappa shape index (κ1) is 18.6. The molecular weight excluding hydrogens is 391 g/mol. The lowest BCUT2D eigenvalue weighted by molar-refractivity contribution is 0.419. The standard InChI is InChI=1S/C16H24N4O.HI/c1-19(2)16(20(3)4)17-10-9-12-11-18-13-7-6-8-14(21-5)15(12)13;/h6-8,11,18H,9-10H2,1-5H3;1H. The number of guanidine groups is 1. The molecule has 1 aromatic heterocycles. The van der Waals surface area contributed by atoms with Crippen molar-refractivity contribution >= 4 is 40.8 Å². The number of aromatic amines is 1. The van der Waals surface area contributed by atoms with Crippen LogP contribution in [0.25, 0.3) is 10.9 Å². The summed E-state index contributed by atoms with van der Waals surface area (Å²) in [4.78, 5) is 12.0. The van der Waals surface area contributed by atoms with E-state index in [-0.39, 0.29) is 24.0 Å². The molecule has 0 aliphatic rings. The third kappa shape index (κ3) is 4.06. The predicted molar refractivity (Wildman–Crippen MR) is 104 cm³/mol. The summed E-state index contributed by atoms with van der Waals surface area (Å²) < 4.78 is 5.46. The fourth-order valence-electron chi connectivity index (χ4n) is 2.55. The number of methoxy groups -OCH3 is 1. The van der Waals surface area contributed by atoms with Crippen molar-refractivity contribution in [1.82, 2.24) is 14.8 Å². The molecule has 1 heterocycles. The minimum absolute atomic E-state index is 0. The first-order valence-electron chi connectivity index (χ1n) is 7.06. The van der Waals surface area contributed by atoms with Gasteiger partial charge in [0.25, 0.3) is 0 Å². The van der Waals surface area contributed by atoms with Gasteiger partial charge in [0.05, 0.1) is 7.11 Å². The van der Waals surface area contributed by atoms with Crippen LogP contribution in [0.1, 0.15) is 5.56 Å². The summed E-state index contributed by atoms with van der Waals surface area (Å²) in [7, 11) is 9.74. The fraction of sp³-hybridized carbons (Fsp3) is 0.438. The highest BCUT2D eigenvalue weighted by Crippen LogP contribution is 2.28. The molecule has 6 heteroatoms. The molecule has 5 nitrogen and oxygen atoms in total. The van der Waals surface area contributed by atoms with Crippen molar-refractivity contribution in [2.45, 2.75) is 6.42 Å². The lowest BCUT2D eigenvalue weighted by atomic mass is 10.1. The second-order valence-electron chi connectivity index (χ2n) is 5.42. The summed E-state index contributed by atoms with van der Waals surface area (Å²) in [5.41, 5.74) is 2.34. The zero-order chi connectivity index (χ0) is 15.4. The highest BCUT2D eigenvalue weighted by Gasteiger charge is 2.09. The Morgan fingerprint density at radius 3 is 2.45 bits per heavy atom. The van der Waals surface area contributed by atoms with E-state index < -0.39 is 0 Å². The van der Waals surface area contributed by atoms with E-state index >= 15 is 0 Å². The zero-order valence-electron chi connectivity index (χ0n) is 13.9. The molecule has 2 rings (SSSR count). The first-order chi connectivity index (χ1) is 10.0. The molecular formula is C16H25IN4O. The van der Waals surface area contributed by atoms with Crippen molar-refractivity contribution in [2.75, 3.05) is 41.8 Å². The summed E-state index contributed by atoms with van der Waals surface area (Å²) in [6.45, 7) is 0.747. The van der Waals surface area contributed by atoms with Gasteiger partial charge in [-0.1, -0.05) is 6.07 Å². The molecule has 0 atom stereocenters. The number of hydrogen-bond donors (Lipinski definition) is 1. The van der Waals surface area contributed by atoms with Gasteiger partial charge in [0.15, 0.2) is 5.96 Å². The third-order valence-corrected chi connectivity index (χ3v) is 3.40. The van der Waals surface area contributed by atoms with E-state index in [1.54, 1.807) is 7.11 Å². The molecule has 1 aromatic carbocycles. The maximum atomic E-state index is 5.46. The molecule has 0 bridgehead atoms. The van der Waals surface area contributed by atoms with E-state index in [4.69, 9.17) is 4.74 Å². The van der Waals surface area contributed by atoms with E-state index in [2.05, 4.69) is 16.0 Å². The van der Waals surface area contributed by atoms with Gasteiger partial charge in [-0.15, -0.1) is 24.0 Å². The Labute approximate surface area is 149 Å². The number of nitrogens with one attached hydrogen (secondary N) is 1. The molecule has 0 spiro atoms. The number of halogens is 1. The van der Waals surface area contributed by atoms with Crippen LogP contribution in [0.15, 0.2) is 29.4 Å². The van der Waals surface area contributed by atoms with E-state index in [0.29, 0.717) is 0 Å². The quantitative estimate of drug-likeness (QED) is 0.474. The number of aliphatic imine (C=N–C) groups is 1. The summed E-state index contributed by atoms with van der Waals surface area (Å²) in [6, 6.07) is 6.06. The van der Waals surface area contributed by atoms with Crippen LogP contribution < -0.4 is 4.74 Å². The number of nitrogens with zero attached hydrogens (tertiary/aromatic N) is 3. The molecule has 0 fully saturated rings. The first-order valence-corrected chi connectivity index (χ1v) is 7.06. The van der Waals surface area contributed by atoms with Crippen LogP contribution >= 0.6 is 24.0 Å². The van der Waals surface area contributed by atoms with Crippen LogP contribution in [0.4, 0.5) is 0 Å². The number of rotatable bonds is 4. The number of hydrogen-bond acceptors (Lipinski definition) is 2. The Kier molecular flexibility index (Phi) is 6.99. The molecule has 122 valence electrons. The van der Waals surface area contributed by atoms with Gasteiger partial charge in [-0.2, -0.15) is 0 Å². The van der Waals surface area contributed by atoms with Crippen LogP contribution in [0, 0.1) is 0 Å². The molecule has 0 aliphatic heterocycles. The number of aromatic nitrogens is 1. The molecule has 0 aliphatic carbocycles. The molecule has 0 amide bonds. The average molecular weight is 416 g/mol. The normalized spacial score (nSPS) is 10.0. The van der Waals surface area contributed by atoms with Gasteiger partial charge in [0, 0.05) is 51.8 Å². The smallest absolute Gasteiger partial charge is 0.195 e. The van der Waals surface area contributed by atoms with E-state index in [9.17, 15) is 0 Å². The molecule has 1 N–H and O–H groups in total. The van der Waals surface area contributed by atoms with Gasteiger partial charge in [0.2, 0.25) is 0 Å². The van der Waals surface area contributed by atoms with Gasteiger partial charge in [0.1, 0.15) is 5.75 Å². The Morgan fingerprint density at radius 1 is 1.18 bits per heavy atom. The van der Waals surface area contributed by atoms with Crippen LogP contribution in [0.2, 0.25) is 0 Å². The topological polar surface area (TPSA) is 43.9 Å². The van der Waals surface area contributed by atoms with Crippen LogP contribution in [0.3, 0.4) is 0 Å². The second-order valence-corrected chi connectivity index (χ2v) is 5.42. The number of H-pyrrole nitrogens is 1. The lowest BCUT2D eigenvalue weighted by Crippen LogP contribution is -2.35. The number of benzene rings is 1. The zero-order valence-corrected chi connectivity index (χ0v) is 16.2. The third-order valence-electron chi connectivity index (χ3n) is 3.40. The van der Waals surface area contributed by atoms with Gasteiger partial charge in [-0.05, 0) is 24.1 Å². The van der Waals surface area contributed by atoms with E-state index in [1.807, 2.05) is 56.3 Å². The van der Waals surface area contributed by atoms with Crippen LogP contribution in [0.5, 0.6) is 5.75 Å². The Bertz CT molecular complexity index is 624. The molecule has 0 saturated heterocycles. The fourth-order valence-corrected chi connectivity index (χ4v) is 2.55. The largest absolute Gasteiger partial charge is 0.496 e. The Balaban J connectivity index is 0.00000242. The van der Waals surface area contributed by atoms with Crippen molar-refractivity contribution in [3.63, 3.8) is 0 Å². The molecule has 2 aromatic rings. The SMILES string of the molecule is COc1cccc2[nH]cc(CCN=C(N(C)C)N(C)C)c12.I. The summed E-state index contributed by atoms with van der Waals surface area (Å²) in [5, 5.41) is 1.16. The minimum atomic E-state index is 0. The van der Waals surface area contributed by atoms with Crippen molar-refractivity contribution in [3.05, 3.63) is 30.0 Å². The van der Waals surface area contributed by atoms with E-state index in [1.165, 1.54) is 5.56 Å². The van der Waals surface area contributed by atoms with Crippen molar-refractivity contribution in [2.24, 2.45) is 4.99 Å². The maximum absolute atomic E-state index is 5.46. The van der Waals surface area contributed by atoms with E-state index in [0.717, 1.165) is 35.6 Å². The van der Waals surface area contributed by atoms with Crippen LogP contribution in [-0.4, -0.2) is 62.6 Å². The van der Waals surface area contributed by atoms with Crippen molar-refractivity contribution < 1.29 is 4.74 Å². The lowest BCUT2D eigenvalue weighted by Gasteiger charge is -2.22. The average Bonchev–Trinajstić information content (AvgIpc) is 2.86. The van der Waals surface area contributed by atoms with Crippen molar-refractivity contribution in [1.29, 1.82) is 0 Å². The molecule has 0 radical (unpaired) electrons. The Hall–Kier alpha value is -1.44. The van der Waals surface area contributed by atoms with Gasteiger partial charge in [-0.25, -0.2) is 0 Å². The summed E-state index contributed by atoms with van der Waals surface area (Å²) in [5.74, 6) is 1.88. The van der Waals surface area contributed by atoms with Crippen LogP contribution in [-0.2, 0) is 6.42 Å². The van der Waals surface area contributed by atoms with Gasteiger partial charge >= 0.3 is 0 Å². The van der Waals surface area contributed by atoms with Gasteiger partial charge < -0.3 is 19.5 Å². The second kappa shape index (κ2) is 8.26. The summed E-state index contributed by atoms with van der Waals surface area (Å²) in [6.07, 6.45) is 2.93. The molecule has 0 unspecified atom stereocenters. The maximum Gasteiger partial charge on any atom is 0.195 e. The Morgan fingerprint density at radius 2 is 1.86 bits per heavy atom.